The van der Waals surface area contributed by atoms with Gasteiger partial charge in [-0.15, -0.1) is 0 Å². The maximum absolute atomic E-state index is 12.5. The van der Waals surface area contributed by atoms with Crippen molar-refractivity contribution in [3.05, 3.63) is 52.3 Å². The average molecular weight is 361 g/mol. The molecule has 1 heterocycles. The highest BCUT2D eigenvalue weighted by molar-refractivity contribution is 7.89. The molecule has 0 atom stereocenters. The normalized spacial score (nSPS) is 11.7. The summed E-state index contributed by atoms with van der Waals surface area (Å²) in [5, 5.41) is 0.598. The van der Waals surface area contributed by atoms with Crippen LogP contribution in [0.3, 0.4) is 0 Å². The van der Waals surface area contributed by atoms with E-state index in [0.717, 1.165) is 5.56 Å². The molecular formula is C14H14Cl2N2O3S. The van der Waals surface area contributed by atoms with E-state index in [9.17, 15) is 8.42 Å². The molecular weight excluding hydrogens is 347 g/mol. The van der Waals surface area contributed by atoms with Crippen LogP contribution in [-0.4, -0.2) is 31.9 Å². The van der Waals surface area contributed by atoms with Gasteiger partial charge < -0.3 is 4.74 Å². The van der Waals surface area contributed by atoms with Crippen molar-refractivity contribution in [2.24, 2.45) is 0 Å². The van der Waals surface area contributed by atoms with Gasteiger partial charge in [-0.3, -0.25) is 0 Å². The summed E-state index contributed by atoms with van der Waals surface area (Å²) in [6.45, 7) is 0.177. The number of hydrogen-bond donors (Lipinski definition) is 0. The fourth-order valence-corrected chi connectivity index (χ4v) is 3.45. The Labute approximate surface area is 139 Å². The first-order valence-electron chi connectivity index (χ1n) is 6.25. The van der Waals surface area contributed by atoms with Gasteiger partial charge in [0.05, 0.1) is 17.0 Å². The second kappa shape index (κ2) is 6.83. The average Bonchev–Trinajstić information content (AvgIpc) is 2.49. The van der Waals surface area contributed by atoms with Gasteiger partial charge in [-0.2, -0.15) is 4.31 Å². The SMILES string of the molecule is COc1ccc(S(=O)(=O)N(C)Cc2ccc(Cl)nc2)cc1Cl. The molecule has 0 unspecified atom stereocenters. The van der Waals surface area contributed by atoms with E-state index in [1.54, 1.807) is 12.1 Å². The summed E-state index contributed by atoms with van der Waals surface area (Å²) in [4.78, 5) is 4.03. The standard InChI is InChI=1S/C14H14Cl2N2O3S/c1-18(9-10-3-6-14(16)17-8-10)22(19,20)11-4-5-13(21-2)12(15)7-11/h3-8H,9H2,1-2H3. The second-order valence-corrected chi connectivity index (χ2v) is 7.39. The van der Waals surface area contributed by atoms with E-state index in [4.69, 9.17) is 27.9 Å². The Hall–Kier alpha value is -1.34. The molecule has 0 radical (unpaired) electrons. The number of ether oxygens (including phenoxy) is 1. The first kappa shape index (κ1) is 17.0. The molecule has 0 aliphatic carbocycles. The number of halogens is 2. The zero-order valence-electron chi connectivity index (χ0n) is 12.0. The van der Waals surface area contributed by atoms with Crippen LogP contribution in [0.2, 0.25) is 10.2 Å². The van der Waals surface area contributed by atoms with Gasteiger partial charge >= 0.3 is 0 Å². The lowest BCUT2D eigenvalue weighted by atomic mass is 10.3. The van der Waals surface area contributed by atoms with Crippen molar-refractivity contribution < 1.29 is 13.2 Å². The molecule has 8 heteroatoms. The lowest BCUT2D eigenvalue weighted by molar-refractivity contribution is 0.414. The molecule has 0 aliphatic heterocycles. The topological polar surface area (TPSA) is 59.5 Å². The van der Waals surface area contributed by atoms with Crippen LogP contribution >= 0.6 is 23.2 Å². The Bertz CT molecular complexity index is 764. The number of aromatic nitrogens is 1. The number of benzene rings is 1. The molecule has 118 valence electrons. The molecule has 0 fully saturated rings. The third-order valence-electron chi connectivity index (χ3n) is 3.03. The van der Waals surface area contributed by atoms with Gasteiger partial charge in [-0.05, 0) is 29.8 Å². The van der Waals surface area contributed by atoms with Crippen molar-refractivity contribution in [1.29, 1.82) is 0 Å². The van der Waals surface area contributed by atoms with Gasteiger partial charge in [0.1, 0.15) is 10.9 Å². The number of pyridine rings is 1. The molecule has 2 rings (SSSR count). The first-order valence-corrected chi connectivity index (χ1v) is 8.44. The van der Waals surface area contributed by atoms with Crippen LogP contribution in [0.25, 0.3) is 0 Å². The van der Waals surface area contributed by atoms with Crippen molar-refractivity contribution in [2.45, 2.75) is 11.4 Å². The largest absolute Gasteiger partial charge is 0.495 e. The summed E-state index contributed by atoms with van der Waals surface area (Å²) in [5.74, 6) is 0.421. The first-order chi connectivity index (χ1) is 10.3. The molecule has 5 nitrogen and oxygen atoms in total. The number of hydrogen-bond acceptors (Lipinski definition) is 4. The zero-order valence-corrected chi connectivity index (χ0v) is 14.3. The summed E-state index contributed by atoms with van der Waals surface area (Å²) >= 11 is 11.7. The third kappa shape index (κ3) is 3.70. The van der Waals surface area contributed by atoms with Crippen LogP contribution in [0, 0.1) is 0 Å². The van der Waals surface area contributed by atoms with Crippen LogP contribution in [-0.2, 0) is 16.6 Å². The van der Waals surface area contributed by atoms with E-state index < -0.39 is 10.0 Å². The van der Waals surface area contributed by atoms with E-state index in [1.807, 2.05) is 0 Å². The van der Waals surface area contributed by atoms with Gasteiger partial charge in [0.2, 0.25) is 10.0 Å². The predicted octanol–water partition coefficient (Wildman–Crippen LogP) is 3.22. The maximum atomic E-state index is 12.5. The van der Waals surface area contributed by atoms with Gasteiger partial charge in [0.25, 0.3) is 0 Å². The summed E-state index contributed by atoms with van der Waals surface area (Å²) < 4.78 is 31.3. The fourth-order valence-electron chi connectivity index (χ4n) is 1.83. The maximum Gasteiger partial charge on any atom is 0.243 e. The van der Waals surface area contributed by atoms with Crippen molar-refractivity contribution in [2.75, 3.05) is 14.2 Å². The predicted molar refractivity (Wildman–Crippen MR) is 85.9 cm³/mol. The minimum atomic E-state index is -3.66. The van der Waals surface area contributed by atoms with E-state index in [0.29, 0.717) is 10.9 Å². The van der Waals surface area contributed by atoms with E-state index in [-0.39, 0.29) is 16.5 Å². The summed E-state index contributed by atoms with van der Waals surface area (Å²) in [6.07, 6.45) is 1.54. The van der Waals surface area contributed by atoms with Crippen molar-refractivity contribution in [1.82, 2.24) is 9.29 Å². The highest BCUT2D eigenvalue weighted by Gasteiger charge is 2.22. The zero-order chi connectivity index (χ0) is 16.3. The fraction of sp³-hybridized carbons (Fsp3) is 0.214. The van der Waals surface area contributed by atoms with Crippen LogP contribution in [0.1, 0.15) is 5.56 Å². The highest BCUT2D eigenvalue weighted by Crippen LogP contribution is 2.28. The Balaban J connectivity index is 2.25. The molecule has 2 aromatic rings. The summed E-state index contributed by atoms with van der Waals surface area (Å²) in [5.41, 5.74) is 0.732. The van der Waals surface area contributed by atoms with Crippen LogP contribution in [0.15, 0.2) is 41.4 Å². The number of rotatable bonds is 5. The lowest BCUT2D eigenvalue weighted by Gasteiger charge is -2.17. The molecule has 1 aromatic carbocycles. The third-order valence-corrected chi connectivity index (χ3v) is 5.34. The van der Waals surface area contributed by atoms with Crippen LogP contribution < -0.4 is 4.74 Å². The van der Waals surface area contributed by atoms with Gasteiger partial charge in [0.15, 0.2) is 0 Å². The molecule has 0 bridgehead atoms. The highest BCUT2D eigenvalue weighted by atomic mass is 35.5. The molecule has 22 heavy (non-hydrogen) atoms. The Kier molecular flexibility index (Phi) is 5.28. The molecule has 0 saturated carbocycles. The van der Waals surface area contributed by atoms with Gasteiger partial charge in [-0.25, -0.2) is 13.4 Å². The van der Waals surface area contributed by atoms with E-state index in [2.05, 4.69) is 4.98 Å². The lowest BCUT2D eigenvalue weighted by Crippen LogP contribution is -2.26. The smallest absolute Gasteiger partial charge is 0.243 e. The number of sulfonamides is 1. The van der Waals surface area contributed by atoms with E-state index >= 15 is 0 Å². The monoisotopic (exact) mass is 360 g/mol. The molecule has 0 saturated heterocycles. The van der Waals surface area contributed by atoms with Crippen molar-refractivity contribution >= 4 is 33.2 Å². The van der Waals surface area contributed by atoms with Crippen molar-refractivity contribution in [3.8, 4) is 5.75 Å². The van der Waals surface area contributed by atoms with Crippen LogP contribution in [0.5, 0.6) is 5.75 Å². The molecule has 0 spiro atoms. The quantitative estimate of drug-likeness (QED) is 0.768. The molecule has 1 aromatic heterocycles. The molecule has 0 amide bonds. The Morgan fingerprint density at radius 3 is 2.50 bits per heavy atom. The Morgan fingerprint density at radius 1 is 1.23 bits per heavy atom. The minimum Gasteiger partial charge on any atom is -0.495 e. The minimum absolute atomic E-state index is 0.0997. The Morgan fingerprint density at radius 2 is 1.95 bits per heavy atom. The van der Waals surface area contributed by atoms with Crippen LogP contribution in [0.4, 0.5) is 0 Å². The van der Waals surface area contributed by atoms with Gasteiger partial charge in [0, 0.05) is 19.8 Å². The number of methoxy groups -OCH3 is 1. The molecule has 0 aliphatic rings. The summed E-state index contributed by atoms with van der Waals surface area (Å²) in [6, 6.07) is 7.68. The summed E-state index contributed by atoms with van der Waals surface area (Å²) in [7, 11) is -0.707. The van der Waals surface area contributed by atoms with E-state index in [1.165, 1.54) is 42.9 Å². The van der Waals surface area contributed by atoms with Gasteiger partial charge in [-0.1, -0.05) is 29.3 Å². The molecule has 0 N–H and O–H groups in total. The second-order valence-electron chi connectivity index (χ2n) is 4.55. The number of nitrogens with zero attached hydrogens (tertiary/aromatic N) is 2. The van der Waals surface area contributed by atoms with Crippen molar-refractivity contribution in [3.63, 3.8) is 0 Å².